The lowest BCUT2D eigenvalue weighted by atomic mass is 10.1. The zero-order valence-electron chi connectivity index (χ0n) is 10.4. The molecule has 0 saturated carbocycles. The Morgan fingerprint density at radius 1 is 0.905 bits per heavy atom. The van der Waals surface area contributed by atoms with Crippen LogP contribution >= 0.6 is 0 Å². The lowest BCUT2D eigenvalue weighted by molar-refractivity contribution is -0.394. The number of hydrogen-bond acceptors (Lipinski definition) is 4. The van der Waals surface area contributed by atoms with E-state index in [1.54, 1.807) is 0 Å². The van der Waals surface area contributed by atoms with Crippen molar-refractivity contribution in [1.29, 1.82) is 0 Å². The van der Waals surface area contributed by atoms with Gasteiger partial charge in [0.15, 0.2) is 0 Å². The summed E-state index contributed by atoms with van der Waals surface area (Å²) in [7, 11) is 0. The Labute approximate surface area is 118 Å². The first kappa shape index (κ1) is 14.1. The fourth-order valence-corrected chi connectivity index (χ4v) is 1.56. The smallest absolute Gasteiger partial charge is 0.258 e. The van der Waals surface area contributed by atoms with Crippen molar-refractivity contribution in [3.8, 4) is 11.8 Å². The molecular formula is C14H7FN2O4. The molecule has 0 atom stereocenters. The van der Waals surface area contributed by atoms with Gasteiger partial charge in [-0.25, -0.2) is 4.39 Å². The molecule has 2 aromatic rings. The van der Waals surface area contributed by atoms with Crippen LogP contribution in [-0.4, -0.2) is 9.85 Å². The lowest BCUT2D eigenvalue weighted by Gasteiger charge is -1.96. The van der Waals surface area contributed by atoms with Crippen LogP contribution in [0.3, 0.4) is 0 Å². The molecule has 0 N–H and O–H groups in total. The topological polar surface area (TPSA) is 86.3 Å². The molecule has 2 rings (SSSR count). The molecule has 0 aliphatic rings. The number of non-ortho nitro benzene ring substituents is 1. The number of benzene rings is 2. The minimum atomic E-state index is -0.734. The number of nitro benzene ring substituents is 2. The van der Waals surface area contributed by atoms with E-state index in [1.807, 2.05) is 0 Å². The van der Waals surface area contributed by atoms with Crippen molar-refractivity contribution in [3.63, 3.8) is 0 Å². The first-order valence-corrected chi connectivity index (χ1v) is 5.68. The molecule has 0 spiro atoms. The second-order valence-electron chi connectivity index (χ2n) is 3.97. The molecule has 0 saturated heterocycles. The second kappa shape index (κ2) is 5.79. The van der Waals surface area contributed by atoms with Gasteiger partial charge in [0, 0.05) is 11.6 Å². The van der Waals surface area contributed by atoms with Gasteiger partial charge in [0.1, 0.15) is 11.4 Å². The summed E-state index contributed by atoms with van der Waals surface area (Å²) < 4.78 is 12.7. The number of nitro groups is 2. The minimum absolute atomic E-state index is 0.0509. The standard InChI is InChI=1S/C14H7FN2O4/c15-12-6-2-10(3-7-12)1-4-11-5-8-13(16(18)19)9-14(11)17(20)21/h2-3,5-9H. The lowest BCUT2D eigenvalue weighted by Crippen LogP contribution is -1.95. The fraction of sp³-hybridized carbons (Fsp3) is 0. The predicted molar refractivity (Wildman–Crippen MR) is 72.1 cm³/mol. The van der Waals surface area contributed by atoms with Crippen molar-refractivity contribution in [2.75, 3.05) is 0 Å². The first-order chi connectivity index (χ1) is 9.97. The van der Waals surface area contributed by atoms with E-state index < -0.39 is 21.4 Å². The van der Waals surface area contributed by atoms with Crippen LogP contribution in [-0.2, 0) is 0 Å². The summed E-state index contributed by atoms with van der Waals surface area (Å²) in [5, 5.41) is 21.5. The van der Waals surface area contributed by atoms with Crippen LogP contribution in [0.15, 0.2) is 42.5 Å². The summed E-state index contributed by atoms with van der Waals surface area (Å²) in [5.74, 6) is 4.79. The molecule has 0 aliphatic carbocycles. The number of halogens is 1. The van der Waals surface area contributed by atoms with Gasteiger partial charge in [-0.05, 0) is 30.3 Å². The van der Waals surface area contributed by atoms with Crippen LogP contribution < -0.4 is 0 Å². The van der Waals surface area contributed by atoms with E-state index >= 15 is 0 Å². The number of rotatable bonds is 2. The highest BCUT2D eigenvalue weighted by molar-refractivity contribution is 5.57. The van der Waals surface area contributed by atoms with Gasteiger partial charge in [-0.3, -0.25) is 20.2 Å². The molecule has 6 nitrogen and oxygen atoms in total. The second-order valence-corrected chi connectivity index (χ2v) is 3.97. The molecule has 0 unspecified atom stereocenters. The third kappa shape index (κ3) is 3.39. The highest BCUT2D eigenvalue weighted by Crippen LogP contribution is 2.23. The van der Waals surface area contributed by atoms with Gasteiger partial charge in [0.05, 0.1) is 15.9 Å². The zero-order valence-corrected chi connectivity index (χ0v) is 10.4. The summed E-state index contributed by atoms with van der Waals surface area (Å²) in [4.78, 5) is 20.1. The van der Waals surface area contributed by atoms with Crippen molar-refractivity contribution in [2.24, 2.45) is 0 Å². The quantitative estimate of drug-likeness (QED) is 0.482. The van der Waals surface area contributed by atoms with E-state index in [0.717, 1.165) is 12.1 Å². The van der Waals surface area contributed by atoms with Gasteiger partial charge >= 0.3 is 0 Å². The van der Waals surface area contributed by atoms with Gasteiger partial charge in [0.2, 0.25) is 0 Å². The maximum Gasteiger partial charge on any atom is 0.291 e. The Morgan fingerprint density at radius 2 is 1.57 bits per heavy atom. The molecule has 104 valence electrons. The number of nitrogens with zero attached hydrogens (tertiary/aromatic N) is 2. The molecule has 21 heavy (non-hydrogen) atoms. The first-order valence-electron chi connectivity index (χ1n) is 5.68. The van der Waals surface area contributed by atoms with Crippen LogP contribution in [0.25, 0.3) is 0 Å². The molecule has 0 bridgehead atoms. The Bertz CT molecular complexity index is 776. The average molecular weight is 286 g/mol. The molecule has 0 aliphatic heterocycles. The monoisotopic (exact) mass is 286 g/mol. The molecule has 0 fully saturated rings. The third-order valence-corrected chi connectivity index (χ3v) is 2.57. The van der Waals surface area contributed by atoms with E-state index in [9.17, 15) is 24.6 Å². The molecule has 2 aromatic carbocycles. The molecule has 0 aromatic heterocycles. The van der Waals surface area contributed by atoms with Gasteiger partial charge in [-0.1, -0.05) is 11.8 Å². The normalized spacial score (nSPS) is 9.57. The third-order valence-electron chi connectivity index (χ3n) is 2.57. The summed E-state index contributed by atoms with van der Waals surface area (Å²) in [6.45, 7) is 0. The Hall–Kier alpha value is -3.27. The molecule has 0 radical (unpaired) electrons. The summed E-state index contributed by atoms with van der Waals surface area (Å²) in [5.41, 5.74) is -0.299. The van der Waals surface area contributed by atoms with Gasteiger partial charge in [-0.2, -0.15) is 0 Å². The molecule has 0 amide bonds. The van der Waals surface area contributed by atoms with Gasteiger partial charge < -0.3 is 0 Å². The zero-order chi connectivity index (χ0) is 15.4. The van der Waals surface area contributed by atoms with E-state index in [0.29, 0.717) is 5.56 Å². The van der Waals surface area contributed by atoms with Gasteiger partial charge in [-0.15, -0.1) is 0 Å². The largest absolute Gasteiger partial charge is 0.291 e. The predicted octanol–water partition coefficient (Wildman–Crippen LogP) is 3.04. The minimum Gasteiger partial charge on any atom is -0.258 e. The summed E-state index contributed by atoms with van der Waals surface area (Å²) >= 11 is 0. The van der Waals surface area contributed by atoms with Crippen molar-refractivity contribution in [3.05, 3.63) is 79.6 Å². The van der Waals surface area contributed by atoms with Crippen LogP contribution in [0.1, 0.15) is 11.1 Å². The van der Waals surface area contributed by atoms with E-state index in [2.05, 4.69) is 11.8 Å². The Balaban J connectivity index is 2.43. The molecular weight excluding hydrogens is 279 g/mol. The average Bonchev–Trinajstić information content (AvgIpc) is 2.46. The van der Waals surface area contributed by atoms with Crippen molar-refractivity contribution in [1.82, 2.24) is 0 Å². The highest BCUT2D eigenvalue weighted by atomic mass is 19.1. The van der Waals surface area contributed by atoms with Crippen molar-refractivity contribution in [2.45, 2.75) is 0 Å². The Morgan fingerprint density at radius 3 is 2.14 bits per heavy atom. The fourth-order valence-electron chi connectivity index (χ4n) is 1.56. The van der Waals surface area contributed by atoms with Crippen LogP contribution in [0.4, 0.5) is 15.8 Å². The highest BCUT2D eigenvalue weighted by Gasteiger charge is 2.17. The van der Waals surface area contributed by atoms with E-state index in [4.69, 9.17) is 0 Å². The molecule has 7 heteroatoms. The maximum atomic E-state index is 12.7. The van der Waals surface area contributed by atoms with Crippen LogP contribution in [0.2, 0.25) is 0 Å². The molecule has 0 heterocycles. The van der Waals surface area contributed by atoms with Crippen LogP contribution in [0.5, 0.6) is 0 Å². The van der Waals surface area contributed by atoms with Crippen molar-refractivity contribution >= 4 is 11.4 Å². The van der Waals surface area contributed by atoms with Crippen molar-refractivity contribution < 1.29 is 14.2 Å². The summed E-state index contributed by atoms with van der Waals surface area (Å²) in [6, 6.07) is 8.50. The van der Waals surface area contributed by atoms with Crippen LogP contribution in [0, 0.1) is 37.9 Å². The maximum absolute atomic E-state index is 12.7. The van der Waals surface area contributed by atoms with E-state index in [-0.39, 0.29) is 11.3 Å². The number of hydrogen-bond donors (Lipinski definition) is 0. The van der Waals surface area contributed by atoms with Gasteiger partial charge in [0.25, 0.3) is 11.4 Å². The SMILES string of the molecule is O=[N+]([O-])c1ccc(C#Cc2ccc(F)cc2)c([N+](=O)[O-])c1. The Kier molecular flexibility index (Phi) is 3.90. The summed E-state index contributed by atoms with van der Waals surface area (Å²) in [6.07, 6.45) is 0. The van der Waals surface area contributed by atoms with E-state index in [1.165, 1.54) is 30.3 Å².